The van der Waals surface area contributed by atoms with Gasteiger partial charge in [-0.25, -0.2) is 0 Å². The molecule has 70 valence electrons. The van der Waals surface area contributed by atoms with Gasteiger partial charge in [0, 0.05) is 45.6 Å². The zero-order valence-electron chi connectivity index (χ0n) is 7.42. The van der Waals surface area contributed by atoms with Crippen LogP contribution in [0.15, 0.2) is 0 Å². The highest BCUT2D eigenvalue weighted by molar-refractivity contribution is 5.72. The summed E-state index contributed by atoms with van der Waals surface area (Å²) in [6.07, 6.45) is 0. The Morgan fingerprint density at radius 2 is 2.33 bits per heavy atom. The fourth-order valence-corrected chi connectivity index (χ4v) is 1.36. The molecular weight excluding hydrogens is 156 g/mol. The van der Waals surface area contributed by atoms with E-state index in [4.69, 9.17) is 5.11 Å². The fraction of sp³-hybridized carbons (Fsp3) is 0.875. The van der Waals surface area contributed by atoms with Gasteiger partial charge in [-0.3, -0.25) is 4.79 Å². The van der Waals surface area contributed by atoms with Gasteiger partial charge >= 0.3 is 0 Å². The predicted molar refractivity (Wildman–Crippen MR) is 45.7 cm³/mol. The van der Waals surface area contributed by atoms with Crippen molar-refractivity contribution >= 4 is 5.91 Å². The summed E-state index contributed by atoms with van der Waals surface area (Å²) in [6, 6.07) is 0. The van der Waals surface area contributed by atoms with Crippen molar-refractivity contribution in [1.82, 2.24) is 10.2 Å². The highest BCUT2D eigenvalue weighted by Crippen LogP contribution is 2.12. The smallest absolute Gasteiger partial charge is 0.216 e. The summed E-state index contributed by atoms with van der Waals surface area (Å²) >= 11 is 0. The van der Waals surface area contributed by atoms with E-state index >= 15 is 0 Å². The van der Waals surface area contributed by atoms with Crippen LogP contribution in [0.3, 0.4) is 0 Å². The standard InChI is InChI=1S/C8H16N2O2/c1-7(12)9-2-3-10-4-8(5-10)6-11/h8,11H,2-6H2,1H3,(H,9,12). The fourth-order valence-electron chi connectivity index (χ4n) is 1.36. The summed E-state index contributed by atoms with van der Waals surface area (Å²) in [6.45, 7) is 5.36. The lowest BCUT2D eigenvalue weighted by atomic mass is 10.0. The lowest BCUT2D eigenvalue weighted by Crippen LogP contribution is -2.50. The third kappa shape index (κ3) is 2.79. The Bertz CT molecular complexity index is 155. The number of nitrogens with zero attached hydrogens (tertiary/aromatic N) is 1. The molecule has 4 nitrogen and oxygen atoms in total. The number of amides is 1. The number of hydrogen-bond donors (Lipinski definition) is 2. The van der Waals surface area contributed by atoms with Crippen LogP contribution in [0.2, 0.25) is 0 Å². The number of carbonyl (C=O) groups excluding carboxylic acids is 1. The zero-order chi connectivity index (χ0) is 8.97. The van der Waals surface area contributed by atoms with E-state index in [1.807, 2.05) is 0 Å². The van der Waals surface area contributed by atoms with Gasteiger partial charge in [-0.15, -0.1) is 0 Å². The minimum Gasteiger partial charge on any atom is -0.396 e. The molecule has 0 aromatic carbocycles. The molecule has 0 aromatic rings. The van der Waals surface area contributed by atoms with Crippen LogP contribution in [0.5, 0.6) is 0 Å². The number of aliphatic hydroxyl groups excluding tert-OH is 1. The molecule has 1 aliphatic heterocycles. The molecule has 0 spiro atoms. The second-order valence-electron chi connectivity index (χ2n) is 3.29. The van der Waals surface area contributed by atoms with E-state index in [0.29, 0.717) is 12.5 Å². The van der Waals surface area contributed by atoms with Crippen molar-refractivity contribution in [3.63, 3.8) is 0 Å². The maximum Gasteiger partial charge on any atom is 0.216 e. The minimum atomic E-state index is 0.0224. The number of carbonyl (C=O) groups is 1. The molecule has 0 atom stereocenters. The van der Waals surface area contributed by atoms with E-state index in [-0.39, 0.29) is 12.5 Å². The third-order valence-corrected chi connectivity index (χ3v) is 2.09. The molecule has 1 fully saturated rings. The van der Waals surface area contributed by atoms with Crippen molar-refractivity contribution in [3.8, 4) is 0 Å². The molecule has 2 N–H and O–H groups in total. The quantitative estimate of drug-likeness (QED) is 0.574. The van der Waals surface area contributed by atoms with Crippen molar-refractivity contribution in [2.45, 2.75) is 6.92 Å². The van der Waals surface area contributed by atoms with Gasteiger partial charge in [0.25, 0.3) is 0 Å². The molecule has 1 heterocycles. The Morgan fingerprint density at radius 1 is 1.67 bits per heavy atom. The first-order valence-corrected chi connectivity index (χ1v) is 4.30. The average Bonchev–Trinajstić information content (AvgIpc) is 1.93. The average molecular weight is 172 g/mol. The summed E-state index contributed by atoms with van der Waals surface area (Å²) in [5.41, 5.74) is 0. The van der Waals surface area contributed by atoms with Crippen molar-refractivity contribution in [2.75, 3.05) is 32.8 Å². The number of nitrogens with one attached hydrogen (secondary N) is 1. The van der Waals surface area contributed by atoms with Crippen LogP contribution >= 0.6 is 0 Å². The highest BCUT2D eigenvalue weighted by Gasteiger charge is 2.24. The molecule has 1 saturated heterocycles. The van der Waals surface area contributed by atoms with Gasteiger partial charge in [-0.2, -0.15) is 0 Å². The van der Waals surface area contributed by atoms with Gasteiger partial charge in [0.05, 0.1) is 0 Å². The van der Waals surface area contributed by atoms with Crippen molar-refractivity contribution in [2.24, 2.45) is 5.92 Å². The summed E-state index contributed by atoms with van der Waals surface area (Å²) in [4.78, 5) is 12.7. The molecule has 0 saturated carbocycles. The van der Waals surface area contributed by atoms with Crippen LogP contribution < -0.4 is 5.32 Å². The van der Waals surface area contributed by atoms with E-state index in [0.717, 1.165) is 19.6 Å². The van der Waals surface area contributed by atoms with E-state index in [9.17, 15) is 4.79 Å². The van der Waals surface area contributed by atoms with Gasteiger partial charge in [0.15, 0.2) is 0 Å². The minimum absolute atomic E-state index is 0.0224. The summed E-state index contributed by atoms with van der Waals surface area (Å²) in [7, 11) is 0. The molecule has 0 bridgehead atoms. The molecule has 0 unspecified atom stereocenters. The van der Waals surface area contributed by atoms with E-state index in [2.05, 4.69) is 10.2 Å². The van der Waals surface area contributed by atoms with Crippen molar-refractivity contribution in [3.05, 3.63) is 0 Å². The van der Waals surface area contributed by atoms with Crippen LogP contribution in [0, 0.1) is 5.92 Å². The van der Waals surface area contributed by atoms with Crippen LogP contribution in [-0.4, -0.2) is 48.7 Å². The lowest BCUT2D eigenvalue weighted by Gasteiger charge is -2.38. The first-order valence-electron chi connectivity index (χ1n) is 4.30. The number of likely N-dealkylation sites (tertiary alicyclic amines) is 1. The maximum atomic E-state index is 10.5. The second kappa shape index (κ2) is 4.42. The SMILES string of the molecule is CC(=O)NCCN1CC(CO)C1. The first-order chi connectivity index (χ1) is 5.72. The number of hydrogen-bond acceptors (Lipinski definition) is 3. The van der Waals surface area contributed by atoms with E-state index < -0.39 is 0 Å². The first kappa shape index (κ1) is 9.48. The van der Waals surface area contributed by atoms with Gasteiger partial charge in [-0.05, 0) is 0 Å². The van der Waals surface area contributed by atoms with E-state index in [1.165, 1.54) is 6.92 Å². The molecule has 1 rings (SSSR count). The van der Waals surface area contributed by atoms with Crippen LogP contribution in [0.25, 0.3) is 0 Å². The monoisotopic (exact) mass is 172 g/mol. The molecule has 1 aliphatic rings. The Kier molecular flexibility index (Phi) is 3.49. The third-order valence-electron chi connectivity index (χ3n) is 2.09. The Hall–Kier alpha value is -0.610. The van der Waals surface area contributed by atoms with E-state index in [1.54, 1.807) is 0 Å². The number of aliphatic hydroxyl groups is 1. The lowest BCUT2D eigenvalue weighted by molar-refractivity contribution is -0.119. The van der Waals surface area contributed by atoms with Gasteiger partial charge in [0.1, 0.15) is 0 Å². The summed E-state index contributed by atoms with van der Waals surface area (Å²) in [5.74, 6) is 0.483. The van der Waals surface area contributed by atoms with Gasteiger partial charge < -0.3 is 15.3 Å². The van der Waals surface area contributed by atoms with Crippen LogP contribution in [-0.2, 0) is 4.79 Å². The molecule has 0 aromatic heterocycles. The Balaban J connectivity index is 1.93. The maximum absolute atomic E-state index is 10.5. The Labute approximate surface area is 72.6 Å². The summed E-state index contributed by atoms with van der Waals surface area (Å²) < 4.78 is 0. The topological polar surface area (TPSA) is 52.6 Å². The second-order valence-corrected chi connectivity index (χ2v) is 3.29. The van der Waals surface area contributed by atoms with Crippen molar-refractivity contribution in [1.29, 1.82) is 0 Å². The largest absolute Gasteiger partial charge is 0.396 e. The molecule has 0 radical (unpaired) electrons. The molecule has 12 heavy (non-hydrogen) atoms. The van der Waals surface area contributed by atoms with Gasteiger partial charge in [-0.1, -0.05) is 0 Å². The molecule has 0 aliphatic carbocycles. The van der Waals surface area contributed by atoms with Crippen LogP contribution in [0.1, 0.15) is 6.92 Å². The molecule has 4 heteroatoms. The highest BCUT2D eigenvalue weighted by atomic mass is 16.3. The normalized spacial score (nSPS) is 18.8. The summed E-state index contributed by atoms with van der Waals surface area (Å²) in [5, 5.41) is 11.5. The Morgan fingerprint density at radius 3 is 2.83 bits per heavy atom. The zero-order valence-corrected chi connectivity index (χ0v) is 7.42. The molecule has 1 amide bonds. The van der Waals surface area contributed by atoms with Crippen LogP contribution in [0.4, 0.5) is 0 Å². The number of rotatable bonds is 4. The molecular formula is C8H16N2O2. The van der Waals surface area contributed by atoms with Gasteiger partial charge in [0.2, 0.25) is 5.91 Å². The van der Waals surface area contributed by atoms with Crippen molar-refractivity contribution < 1.29 is 9.90 Å². The predicted octanol–water partition coefficient (Wildman–Crippen LogP) is -0.953.